The fourth-order valence-electron chi connectivity index (χ4n) is 1.86. The summed E-state index contributed by atoms with van der Waals surface area (Å²) in [4.78, 5) is 31.2. The van der Waals surface area contributed by atoms with E-state index in [0.717, 1.165) is 12.8 Å². The van der Waals surface area contributed by atoms with Crippen LogP contribution in [0, 0.1) is 0 Å². The number of pyridine rings is 2. The zero-order valence-electron chi connectivity index (χ0n) is 12.2. The first-order valence-corrected chi connectivity index (χ1v) is 7.14. The Labute approximate surface area is 129 Å². The largest absolute Gasteiger partial charge is 0.352 e. The normalized spacial score (nSPS) is 10.0. The molecule has 0 aliphatic carbocycles. The Morgan fingerprint density at radius 3 is 1.45 bits per heavy atom. The maximum atomic E-state index is 11.8. The summed E-state index contributed by atoms with van der Waals surface area (Å²) in [6.45, 7) is 1.15. The summed E-state index contributed by atoms with van der Waals surface area (Å²) < 4.78 is 0. The van der Waals surface area contributed by atoms with Gasteiger partial charge in [-0.05, 0) is 37.1 Å². The molecule has 0 aromatic carbocycles. The van der Waals surface area contributed by atoms with Gasteiger partial charge in [0.1, 0.15) is 0 Å². The van der Waals surface area contributed by atoms with Crippen molar-refractivity contribution in [2.24, 2.45) is 0 Å². The van der Waals surface area contributed by atoms with Crippen LogP contribution < -0.4 is 10.6 Å². The molecule has 0 radical (unpaired) electrons. The van der Waals surface area contributed by atoms with Gasteiger partial charge in [-0.2, -0.15) is 0 Å². The van der Waals surface area contributed by atoms with Crippen molar-refractivity contribution in [2.45, 2.75) is 12.8 Å². The summed E-state index contributed by atoms with van der Waals surface area (Å²) in [5, 5.41) is 5.66. The molecular weight excluding hydrogens is 280 g/mol. The molecule has 0 spiro atoms. The molecule has 114 valence electrons. The number of nitrogens with one attached hydrogen (secondary N) is 2. The third kappa shape index (κ3) is 4.97. The first-order valence-electron chi connectivity index (χ1n) is 7.14. The SMILES string of the molecule is O=C(NCCCCNC(=O)c1ccncc1)c1ccncc1. The second kappa shape index (κ2) is 8.51. The van der Waals surface area contributed by atoms with Gasteiger partial charge in [-0.3, -0.25) is 19.6 Å². The van der Waals surface area contributed by atoms with Gasteiger partial charge in [-0.1, -0.05) is 0 Å². The number of nitrogens with zero attached hydrogens (tertiary/aromatic N) is 2. The van der Waals surface area contributed by atoms with E-state index >= 15 is 0 Å². The molecule has 0 saturated heterocycles. The van der Waals surface area contributed by atoms with Gasteiger partial charge < -0.3 is 10.6 Å². The van der Waals surface area contributed by atoms with Crippen LogP contribution in [0.1, 0.15) is 33.6 Å². The monoisotopic (exact) mass is 298 g/mol. The molecule has 6 nitrogen and oxygen atoms in total. The molecule has 0 fully saturated rings. The highest BCUT2D eigenvalue weighted by Crippen LogP contribution is 1.97. The minimum Gasteiger partial charge on any atom is -0.352 e. The Hall–Kier alpha value is -2.76. The average Bonchev–Trinajstić information content (AvgIpc) is 2.59. The van der Waals surface area contributed by atoms with Crippen LogP contribution >= 0.6 is 0 Å². The second-order valence-electron chi connectivity index (χ2n) is 4.69. The average molecular weight is 298 g/mol. The van der Waals surface area contributed by atoms with Crippen LogP contribution in [0.25, 0.3) is 0 Å². The molecule has 0 saturated carbocycles. The topological polar surface area (TPSA) is 84.0 Å². The van der Waals surface area contributed by atoms with Gasteiger partial charge in [0.2, 0.25) is 0 Å². The van der Waals surface area contributed by atoms with Crippen LogP contribution in [-0.2, 0) is 0 Å². The number of hydrogen-bond donors (Lipinski definition) is 2. The van der Waals surface area contributed by atoms with E-state index in [1.807, 2.05) is 0 Å². The molecule has 2 heterocycles. The van der Waals surface area contributed by atoms with Crippen LogP contribution in [0.5, 0.6) is 0 Å². The van der Waals surface area contributed by atoms with Crippen molar-refractivity contribution < 1.29 is 9.59 Å². The second-order valence-corrected chi connectivity index (χ2v) is 4.69. The van der Waals surface area contributed by atoms with Crippen molar-refractivity contribution >= 4 is 11.8 Å². The summed E-state index contributed by atoms with van der Waals surface area (Å²) in [5.74, 6) is -0.216. The van der Waals surface area contributed by atoms with Crippen LogP contribution in [0.4, 0.5) is 0 Å². The minimum absolute atomic E-state index is 0.108. The smallest absolute Gasteiger partial charge is 0.251 e. The number of unbranched alkanes of at least 4 members (excludes halogenated alkanes) is 1. The van der Waals surface area contributed by atoms with Gasteiger partial charge in [-0.25, -0.2) is 0 Å². The van der Waals surface area contributed by atoms with Gasteiger partial charge in [-0.15, -0.1) is 0 Å². The first-order chi connectivity index (χ1) is 10.8. The summed E-state index contributed by atoms with van der Waals surface area (Å²) in [7, 11) is 0. The van der Waals surface area contributed by atoms with Gasteiger partial charge in [0.25, 0.3) is 11.8 Å². The third-order valence-corrected chi connectivity index (χ3v) is 3.06. The summed E-state index contributed by atoms with van der Waals surface area (Å²) in [6, 6.07) is 6.68. The van der Waals surface area contributed by atoms with Crippen molar-refractivity contribution in [1.29, 1.82) is 0 Å². The molecule has 2 amide bonds. The lowest BCUT2D eigenvalue weighted by atomic mass is 10.2. The van der Waals surface area contributed by atoms with Crippen molar-refractivity contribution in [1.82, 2.24) is 20.6 Å². The molecule has 2 rings (SSSR count). The Bertz CT molecular complexity index is 547. The highest BCUT2D eigenvalue weighted by atomic mass is 16.2. The molecule has 0 aliphatic rings. The molecule has 2 aromatic heterocycles. The molecule has 0 aliphatic heterocycles. The van der Waals surface area contributed by atoms with Crippen molar-refractivity contribution in [3.8, 4) is 0 Å². The van der Waals surface area contributed by atoms with Crippen LogP contribution in [-0.4, -0.2) is 34.9 Å². The zero-order chi connectivity index (χ0) is 15.6. The number of carbonyl (C=O) groups excluding carboxylic acids is 2. The van der Waals surface area contributed by atoms with E-state index < -0.39 is 0 Å². The Morgan fingerprint density at radius 2 is 1.09 bits per heavy atom. The number of amides is 2. The molecule has 0 atom stereocenters. The van der Waals surface area contributed by atoms with E-state index in [2.05, 4.69) is 20.6 Å². The number of aromatic nitrogens is 2. The van der Waals surface area contributed by atoms with Crippen LogP contribution in [0.15, 0.2) is 49.1 Å². The summed E-state index contributed by atoms with van der Waals surface area (Å²) in [6.07, 6.45) is 7.95. The van der Waals surface area contributed by atoms with E-state index in [1.54, 1.807) is 49.1 Å². The number of carbonyl (C=O) groups is 2. The van der Waals surface area contributed by atoms with E-state index in [4.69, 9.17) is 0 Å². The lowest BCUT2D eigenvalue weighted by molar-refractivity contribution is 0.0939. The summed E-state index contributed by atoms with van der Waals surface area (Å²) >= 11 is 0. The molecule has 2 N–H and O–H groups in total. The first kappa shape index (κ1) is 15.6. The van der Waals surface area contributed by atoms with Crippen LogP contribution in [0.2, 0.25) is 0 Å². The lowest BCUT2D eigenvalue weighted by Gasteiger charge is -2.06. The van der Waals surface area contributed by atoms with E-state index in [-0.39, 0.29) is 11.8 Å². The van der Waals surface area contributed by atoms with Crippen molar-refractivity contribution in [3.05, 3.63) is 60.2 Å². The van der Waals surface area contributed by atoms with Crippen LogP contribution in [0.3, 0.4) is 0 Å². The number of hydrogen-bond acceptors (Lipinski definition) is 4. The minimum atomic E-state index is -0.108. The van der Waals surface area contributed by atoms with E-state index in [9.17, 15) is 9.59 Å². The van der Waals surface area contributed by atoms with Gasteiger partial charge in [0.15, 0.2) is 0 Å². The Balaban J connectivity index is 1.58. The third-order valence-electron chi connectivity index (χ3n) is 3.06. The van der Waals surface area contributed by atoms with Gasteiger partial charge in [0.05, 0.1) is 0 Å². The standard InChI is InChI=1S/C16H18N4O2/c21-15(13-3-9-17-10-4-13)19-7-1-2-8-20-16(22)14-5-11-18-12-6-14/h3-6,9-12H,1-2,7-8H2,(H,19,21)(H,20,22). The Morgan fingerprint density at radius 1 is 0.727 bits per heavy atom. The van der Waals surface area contributed by atoms with Crippen molar-refractivity contribution in [3.63, 3.8) is 0 Å². The van der Waals surface area contributed by atoms with E-state index in [1.165, 1.54) is 0 Å². The van der Waals surface area contributed by atoms with E-state index in [0.29, 0.717) is 24.2 Å². The lowest BCUT2D eigenvalue weighted by Crippen LogP contribution is -2.27. The number of rotatable bonds is 7. The maximum Gasteiger partial charge on any atom is 0.251 e. The molecule has 0 unspecified atom stereocenters. The highest BCUT2D eigenvalue weighted by Gasteiger charge is 2.04. The molecule has 6 heteroatoms. The molecule has 0 bridgehead atoms. The quantitative estimate of drug-likeness (QED) is 0.757. The zero-order valence-corrected chi connectivity index (χ0v) is 12.2. The van der Waals surface area contributed by atoms with Gasteiger partial charge >= 0.3 is 0 Å². The summed E-state index contributed by atoms with van der Waals surface area (Å²) in [5.41, 5.74) is 1.20. The molecule has 22 heavy (non-hydrogen) atoms. The highest BCUT2D eigenvalue weighted by molar-refractivity contribution is 5.94. The van der Waals surface area contributed by atoms with Gasteiger partial charge in [0, 0.05) is 49.0 Å². The molecule has 2 aromatic rings. The predicted octanol–water partition coefficient (Wildman–Crippen LogP) is 1.42. The maximum absolute atomic E-state index is 11.8. The predicted molar refractivity (Wildman–Crippen MR) is 82.4 cm³/mol. The fraction of sp³-hybridized carbons (Fsp3) is 0.250. The fourth-order valence-corrected chi connectivity index (χ4v) is 1.86. The molecular formula is C16H18N4O2. The van der Waals surface area contributed by atoms with Crippen molar-refractivity contribution in [2.75, 3.05) is 13.1 Å². The Kier molecular flexibility index (Phi) is 6.04.